The van der Waals surface area contributed by atoms with Gasteiger partial charge in [0.25, 0.3) is 5.91 Å². The summed E-state index contributed by atoms with van der Waals surface area (Å²) in [5, 5.41) is 12.9. The lowest BCUT2D eigenvalue weighted by atomic mass is 10.1. The first-order chi connectivity index (χ1) is 8.50. The topological polar surface area (TPSA) is 52.6 Å². The van der Waals surface area contributed by atoms with Crippen LogP contribution in [-0.2, 0) is 0 Å². The van der Waals surface area contributed by atoms with Crippen molar-refractivity contribution in [3.05, 3.63) is 31.8 Å². The zero-order valence-corrected chi connectivity index (χ0v) is 13.6. The standard InChI is InChI=1S/C12H14BrIN2O2/c1-16(10-5-15-6-11(10)17)12(18)8-4-7(14)2-3-9(8)13/h2-4,10-11,15,17H,5-6H2,1H3/t10-,11-/m0/s1. The minimum absolute atomic E-state index is 0.0758. The fraction of sp³-hybridized carbons (Fsp3) is 0.417. The number of hydrogen-bond donors (Lipinski definition) is 2. The number of β-amino-alcohol motifs (C(OH)–C–C–N with tert-alkyl or cyclic N) is 1. The van der Waals surface area contributed by atoms with Crippen LogP contribution in [0.15, 0.2) is 22.7 Å². The average molecular weight is 425 g/mol. The monoisotopic (exact) mass is 424 g/mol. The van der Waals surface area contributed by atoms with Gasteiger partial charge in [-0.1, -0.05) is 0 Å². The van der Waals surface area contributed by atoms with Gasteiger partial charge in [-0.15, -0.1) is 0 Å². The second-order valence-corrected chi connectivity index (χ2v) is 6.43. The molecule has 0 saturated carbocycles. The number of aliphatic hydroxyl groups is 1. The minimum atomic E-state index is -0.500. The van der Waals surface area contributed by atoms with Gasteiger partial charge in [0.2, 0.25) is 0 Å². The summed E-state index contributed by atoms with van der Waals surface area (Å²) in [6, 6.07) is 5.49. The van der Waals surface area contributed by atoms with Crippen LogP contribution in [0.1, 0.15) is 10.4 Å². The van der Waals surface area contributed by atoms with Crippen LogP contribution >= 0.6 is 38.5 Å². The molecule has 0 spiro atoms. The third-order valence-electron chi connectivity index (χ3n) is 3.13. The van der Waals surface area contributed by atoms with Crippen LogP contribution in [0.25, 0.3) is 0 Å². The Morgan fingerprint density at radius 1 is 1.56 bits per heavy atom. The maximum atomic E-state index is 12.4. The van der Waals surface area contributed by atoms with Crippen LogP contribution in [0.4, 0.5) is 0 Å². The van der Waals surface area contributed by atoms with Crippen LogP contribution < -0.4 is 5.32 Å². The van der Waals surface area contributed by atoms with Crippen molar-refractivity contribution in [2.45, 2.75) is 12.1 Å². The van der Waals surface area contributed by atoms with Gasteiger partial charge < -0.3 is 15.3 Å². The number of likely N-dealkylation sites (N-methyl/N-ethyl adjacent to an activating group) is 1. The Morgan fingerprint density at radius 2 is 2.28 bits per heavy atom. The molecule has 6 heteroatoms. The summed E-state index contributed by atoms with van der Waals surface area (Å²) < 4.78 is 1.79. The van der Waals surface area contributed by atoms with Crippen LogP contribution in [-0.4, -0.2) is 48.2 Å². The van der Waals surface area contributed by atoms with Gasteiger partial charge in [-0.3, -0.25) is 4.79 Å². The second kappa shape index (κ2) is 5.85. The summed E-state index contributed by atoms with van der Waals surface area (Å²) in [6.07, 6.45) is -0.500. The summed E-state index contributed by atoms with van der Waals surface area (Å²) in [5.41, 5.74) is 0.628. The molecule has 1 fully saturated rings. The lowest BCUT2D eigenvalue weighted by Gasteiger charge is -2.26. The Morgan fingerprint density at radius 3 is 2.89 bits per heavy atom. The Hall–Kier alpha value is -0.180. The molecular weight excluding hydrogens is 411 g/mol. The van der Waals surface area contributed by atoms with Crippen LogP contribution in [0.3, 0.4) is 0 Å². The first kappa shape index (κ1) is 14.2. The van der Waals surface area contributed by atoms with E-state index in [-0.39, 0.29) is 11.9 Å². The minimum Gasteiger partial charge on any atom is -0.390 e. The lowest BCUT2D eigenvalue weighted by Crippen LogP contribution is -2.44. The van der Waals surface area contributed by atoms with Gasteiger partial charge in [-0.05, 0) is 56.7 Å². The molecular formula is C12H14BrIN2O2. The SMILES string of the molecule is CN(C(=O)c1cc(I)ccc1Br)[C@H]1CNC[C@@H]1O. The molecule has 0 bridgehead atoms. The first-order valence-corrected chi connectivity index (χ1v) is 7.49. The van der Waals surface area contributed by atoms with Gasteiger partial charge in [0.05, 0.1) is 17.7 Å². The average Bonchev–Trinajstić information content (AvgIpc) is 2.77. The van der Waals surface area contributed by atoms with E-state index >= 15 is 0 Å². The van der Waals surface area contributed by atoms with Crippen LogP contribution in [0, 0.1) is 3.57 Å². The quantitative estimate of drug-likeness (QED) is 0.706. The van der Waals surface area contributed by atoms with Crippen molar-refractivity contribution >= 4 is 44.4 Å². The molecule has 0 radical (unpaired) electrons. The number of aliphatic hydroxyl groups excluding tert-OH is 1. The number of carbonyl (C=O) groups excluding carboxylic acids is 1. The molecule has 1 aliphatic heterocycles. The number of nitrogens with one attached hydrogen (secondary N) is 1. The highest BCUT2D eigenvalue weighted by Crippen LogP contribution is 2.22. The summed E-state index contributed by atoms with van der Waals surface area (Å²) in [7, 11) is 1.73. The van der Waals surface area contributed by atoms with E-state index in [2.05, 4.69) is 43.8 Å². The lowest BCUT2D eigenvalue weighted by molar-refractivity contribution is 0.0580. The molecule has 4 nitrogen and oxygen atoms in total. The molecule has 1 heterocycles. The highest BCUT2D eigenvalue weighted by atomic mass is 127. The van der Waals surface area contributed by atoms with Crippen molar-refractivity contribution in [1.29, 1.82) is 0 Å². The number of rotatable bonds is 2. The molecule has 1 aromatic carbocycles. The summed E-state index contributed by atoms with van der Waals surface area (Å²) in [4.78, 5) is 14.0. The van der Waals surface area contributed by atoms with E-state index in [4.69, 9.17) is 0 Å². The van der Waals surface area contributed by atoms with Crippen molar-refractivity contribution < 1.29 is 9.90 Å². The molecule has 1 amide bonds. The van der Waals surface area contributed by atoms with Crippen molar-refractivity contribution in [1.82, 2.24) is 10.2 Å². The van der Waals surface area contributed by atoms with E-state index in [1.807, 2.05) is 18.2 Å². The highest BCUT2D eigenvalue weighted by Gasteiger charge is 2.32. The summed E-state index contributed by atoms with van der Waals surface area (Å²) in [5.74, 6) is -0.0758. The van der Waals surface area contributed by atoms with E-state index in [1.165, 1.54) is 0 Å². The van der Waals surface area contributed by atoms with Gasteiger partial charge in [0, 0.05) is 28.2 Å². The zero-order valence-electron chi connectivity index (χ0n) is 9.86. The molecule has 2 rings (SSSR count). The fourth-order valence-electron chi connectivity index (χ4n) is 2.05. The van der Waals surface area contributed by atoms with Gasteiger partial charge in [0.1, 0.15) is 0 Å². The van der Waals surface area contributed by atoms with E-state index in [0.717, 1.165) is 8.04 Å². The number of nitrogens with zero attached hydrogens (tertiary/aromatic N) is 1. The van der Waals surface area contributed by atoms with Crippen LogP contribution in [0.2, 0.25) is 0 Å². The highest BCUT2D eigenvalue weighted by molar-refractivity contribution is 14.1. The zero-order chi connectivity index (χ0) is 13.3. The molecule has 0 unspecified atom stereocenters. The maximum Gasteiger partial charge on any atom is 0.255 e. The van der Waals surface area contributed by atoms with Crippen molar-refractivity contribution in [2.75, 3.05) is 20.1 Å². The predicted octanol–water partition coefficient (Wildman–Crippen LogP) is 1.46. The first-order valence-electron chi connectivity index (χ1n) is 5.61. The molecule has 2 N–H and O–H groups in total. The van der Waals surface area contributed by atoms with E-state index in [9.17, 15) is 9.90 Å². The van der Waals surface area contributed by atoms with Crippen LogP contribution in [0.5, 0.6) is 0 Å². The summed E-state index contributed by atoms with van der Waals surface area (Å²) >= 11 is 5.57. The van der Waals surface area contributed by atoms with Crippen molar-refractivity contribution in [2.24, 2.45) is 0 Å². The number of hydrogen-bond acceptors (Lipinski definition) is 3. The largest absolute Gasteiger partial charge is 0.390 e. The molecule has 1 aliphatic rings. The number of benzene rings is 1. The molecule has 2 atom stereocenters. The molecule has 1 aromatic rings. The number of amides is 1. The second-order valence-electron chi connectivity index (χ2n) is 4.33. The molecule has 1 saturated heterocycles. The Labute approximate surface area is 128 Å². The summed E-state index contributed by atoms with van der Waals surface area (Å²) in [6.45, 7) is 1.17. The molecule has 0 aliphatic carbocycles. The Bertz CT molecular complexity index is 469. The molecule has 18 heavy (non-hydrogen) atoms. The molecule has 0 aromatic heterocycles. The van der Waals surface area contributed by atoms with E-state index < -0.39 is 6.10 Å². The van der Waals surface area contributed by atoms with E-state index in [0.29, 0.717) is 18.7 Å². The number of carbonyl (C=O) groups is 1. The van der Waals surface area contributed by atoms with Gasteiger partial charge in [0.15, 0.2) is 0 Å². The smallest absolute Gasteiger partial charge is 0.255 e. The van der Waals surface area contributed by atoms with E-state index in [1.54, 1.807) is 11.9 Å². The van der Waals surface area contributed by atoms with Gasteiger partial charge in [-0.2, -0.15) is 0 Å². The van der Waals surface area contributed by atoms with Crippen molar-refractivity contribution in [3.8, 4) is 0 Å². The third-order valence-corrected chi connectivity index (χ3v) is 4.49. The maximum absolute atomic E-state index is 12.4. The third kappa shape index (κ3) is 2.87. The number of halogens is 2. The fourth-order valence-corrected chi connectivity index (χ4v) is 2.96. The molecule has 98 valence electrons. The van der Waals surface area contributed by atoms with Crippen molar-refractivity contribution in [3.63, 3.8) is 0 Å². The Balaban J connectivity index is 2.22. The van der Waals surface area contributed by atoms with Gasteiger partial charge in [-0.25, -0.2) is 0 Å². The predicted molar refractivity (Wildman–Crippen MR) is 81.6 cm³/mol. The Kier molecular flexibility index (Phi) is 4.63. The van der Waals surface area contributed by atoms with Gasteiger partial charge >= 0.3 is 0 Å². The normalized spacial score (nSPS) is 23.1.